The second-order valence-electron chi connectivity index (χ2n) is 4.32. The molecule has 1 amide bonds. The molecular weight excluding hydrogens is 240 g/mol. The van der Waals surface area contributed by atoms with E-state index in [-0.39, 0.29) is 5.91 Å². The summed E-state index contributed by atoms with van der Waals surface area (Å²) in [6.45, 7) is 0.502. The molecule has 1 unspecified atom stereocenters. The first kappa shape index (κ1) is 9.90. The monoisotopic (exact) mass is 250 g/mol. The molecule has 3 aliphatic heterocycles. The van der Waals surface area contributed by atoms with Gasteiger partial charge in [0.15, 0.2) is 0 Å². The number of carbonyl (C=O) groups excluding carboxylic acids is 1. The average molecular weight is 250 g/mol. The Hall–Kier alpha value is -1.08. The summed E-state index contributed by atoms with van der Waals surface area (Å²) < 4.78 is 0. The molecule has 0 aliphatic carbocycles. The smallest absolute Gasteiger partial charge is 0.305 e. The van der Waals surface area contributed by atoms with E-state index in [1.807, 2.05) is 24.3 Å². The zero-order valence-electron chi connectivity index (χ0n) is 8.86. The minimum Gasteiger partial charge on any atom is -0.342 e. The normalized spacial score (nSPS) is 32.6. The van der Waals surface area contributed by atoms with Gasteiger partial charge < -0.3 is 5.32 Å². The zero-order valence-corrected chi connectivity index (χ0v) is 9.67. The minimum absolute atomic E-state index is 0.0213. The largest absolute Gasteiger partial charge is 0.342 e. The number of hydrogen-bond acceptors (Lipinski definition) is 5. The van der Waals surface area contributed by atoms with Crippen LogP contribution in [0.15, 0.2) is 24.3 Å². The van der Waals surface area contributed by atoms with E-state index in [0.29, 0.717) is 12.4 Å². The van der Waals surface area contributed by atoms with Crippen LogP contribution in [-0.4, -0.2) is 18.3 Å². The summed E-state index contributed by atoms with van der Waals surface area (Å²) in [5, 5.41) is 5.40. The molecule has 0 aromatic heterocycles. The second kappa shape index (κ2) is 3.02. The highest BCUT2D eigenvalue weighted by Crippen LogP contribution is 2.58. The third-order valence-electron chi connectivity index (χ3n) is 3.46. The lowest BCUT2D eigenvalue weighted by Crippen LogP contribution is -2.49. The number of thioether (sulfide) groups is 1. The number of hydrogen-bond donors (Lipinski definition) is 2. The van der Waals surface area contributed by atoms with Crippen LogP contribution in [0.5, 0.6) is 0 Å². The fourth-order valence-electron chi connectivity index (χ4n) is 2.50. The van der Waals surface area contributed by atoms with Crippen LogP contribution >= 0.6 is 11.8 Å². The van der Waals surface area contributed by atoms with Gasteiger partial charge in [0.1, 0.15) is 5.54 Å². The van der Waals surface area contributed by atoms with Crippen molar-refractivity contribution >= 4 is 17.7 Å². The predicted octanol–water partition coefficient (Wildman–Crippen LogP) is 0.378. The number of nitrogens with one attached hydrogen (secondary N) is 2. The van der Waals surface area contributed by atoms with Gasteiger partial charge in [-0.2, -0.15) is 9.78 Å². The van der Waals surface area contributed by atoms with E-state index in [1.165, 1.54) is 11.8 Å². The summed E-state index contributed by atoms with van der Waals surface area (Å²) in [6.07, 6.45) is 0. The van der Waals surface area contributed by atoms with Crippen molar-refractivity contribution in [2.45, 2.75) is 10.7 Å². The molecule has 88 valence electrons. The molecule has 1 aromatic carbocycles. The van der Waals surface area contributed by atoms with Gasteiger partial charge in [0.25, 0.3) is 0 Å². The average Bonchev–Trinajstić information content (AvgIpc) is 3.06. The molecular formula is C11H10N2O3S. The van der Waals surface area contributed by atoms with Crippen LogP contribution in [0.25, 0.3) is 0 Å². The SMILES string of the molecule is O=C1NCNC12CSC1(OO1)c1ccccc12. The van der Waals surface area contributed by atoms with Crippen LogP contribution in [0.2, 0.25) is 0 Å². The van der Waals surface area contributed by atoms with Gasteiger partial charge in [-0.15, -0.1) is 0 Å². The molecule has 0 radical (unpaired) electrons. The van der Waals surface area contributed by atoms with Crippen LogP contribution in [0.1, 0.15) is 11.1 Å². The van der Waals surface area contributed by atoms with Gasteiger partial charge in [0, 0.05) is 11.3 Å². The maximum absolute atomic E-state index is 12.1. The molecule has 4 rings (SSSR count). The number of fused-ring (bicyclic) bond motifs is 3. The van der Waals surface area contributed by atoms with Crippen molar-refractivity contribution < 1.29 is 14.6 Å². The Kier molecular flexibility index (Phi) is 1.76. The summed E-state index contributed by atoms with van der Waals surface area (Å²) in [5.41, 5.74) is 1.24. The minimum atomic E-state index is -0.674. The van der Waals surface area contributed by atoms with Crippen molar-refractivity contribution in [3.8, 4) is 0 Å². The lowest BCUT2D eigenvalue weighted by molar-refractivity contribution is -0.123. The highest BCUT2D eigenvalue weighted by molar-refractivity contribution is 8.00. The van der Waals surface area contributed by atoms with E-state index in [0.717, 1.165) is 11.1 Å². The van der Waals surface area contributed by atoms with Gasteiger partial charge in [-0.3, -0.25) is 10.1 Å². The molecule has 1 aromatic rings. The molecule has 2 spiro atoms. The first-order valence-electron chi connectivity index (χ1n) is 5.41. The third kappa shape index (κ3) is 1.13. The van der Waals surface area contributed by atoms with E-state index in [9.17, 15) is 4.79 Å². The second-order valence-corrected chi connectivity index (χ2v) is 5.44. The summed E-state index contributed by atoms with van der Waals surface area (Å²) in [5.74, 6) is 0.628. The van der Waals surface area contributed by atoms with Crippen molar-refractivity contribution in [1.29, 1.82) is 0 Å². The van der Waals surface area contributed by atoms with E-state index in [4.69, 9.17) is 9.78 Å². The van der Waals surface area contributed by atoms with Crippen molar-refractivity contribution in [1.82, 2.24) is 10.6 Å². The molecule has 6 heteroatoms. The van der Waals surface area contributed by atoms with E-state index in [2.05, 4.69) is 10.6 Å². The Bertz CT molecular complexity index is 517. The first-order chi connectivity index (χ1) is 8.27. The molecule has 3 aliphatic rings. The van der Waals surface area contributed by atoms with Crippen LogP contribution in [0, 0.1) is 0 Å². The summed E-state index contributed by atoms with van der Waals surface area (Å²) in [6, 6.07) is 7.77. The predicted molar refractivity (Wildman–Crippen MR) is 60.6 cm³/mol. The van der Waals surface area contributed by atoms with Crippen molar-refractivity contribution in [3.63, 3.8) is 0 Å². The van der Waals surface area contributed by atoms with Crippen molar-refractivity contribution in [2.24, 2.45) is 0 Å². The van der Waals surface area contributed by atoms with E-state index < -0.39 is 10.7 Å². The Labute approximate surface area is 102 Å². The van der Waals surface area contributed by atoms with Gasteiger partial charge in [-0.05, 0) is 5.56 Å². The summed E-state index contributed by atoms with van der Waals surface area (Å²) in [7, 11) is 0. The maximum Gasteiger partial charge on any atom is 0.305 e. The lowest BCUT2D eigenvalue weighted by atomic mass is 9.87. The van der Waals surface area contributed by atoms with Gasteiger partial charge in [-0.25, -0.2) is 0 Å². The number of amides is 1. The van der Waals surface area contributed by atoms with Crippen molar-refractivity contribution in [2.75, 3.05) is 12.4 Å². The van der Waals surface area contributed by atoms with Crippen molar-refractivity contribution in [3.05, 3.63) is 35.4 Å². The van der Waals surface area contributed by atoms with E-state index in [1.54, 1.807) is 0 Å². The fourth-order valence-corrected chi connectivity index (χ4v) is 3.76. The standard InChI is InChI=1S/C11H10N2O3S/c14-9-10(13-6-12-9)5-17-11(15-16-11)8-4-2-1-3-7(8)10/h1-4,13H,5-6H2,(H,12,14). The zero-order chi connectivity index (χ0) is 11.5. The van der Waals surface area contributed by atoms with E-state index >= 15 is 0 Å². The quantitative estimate of drug-likeness (QED) is 0.514. The van der Waals surface area contributed by atoms with Crippen LogP contribution < -0.4 is 10.6 Å². The molecule has 17 heavy (non-hydrogen) atoms. The Morgan fingerprint density at radius 3 is 2.65 bits per heavy atom. The molecule has 2 fully saturated rings. The van der Waals surface area contributed by atoms with Crippen LogP contribution in [0.3, 0.4) is 0 Å². The number of carbonyl (C=O) groups is 1. The molecule has 0 bridgehead atoms. The lowest BCUT2D eigenvalue weighted by Gasteiger charge is -2.33. The maximum atomic E-state index is 12.1. The Morgan fingerprint density at radius 1 is 1.24 bits per heavy atom. The fraction of sp³-hybridized carbons (Fsp3) is 0.364. The number of rotatable bonds is 0. The molecule has 5 nitrogen and oxygen atoms in total. The molecule has 2 N–H and O–H groups in total. The molecule has 3 heterocycles. The topological polar surface area (TPSA) is 66.2 Å². The van der Waals surface area contributed by atoms with Gasteiger partial charge in [-0.1, -0.05) is 36.0 Å². The highest BCUT2D eigenvalue weighted by Gasteiger charge is 2.62. The highest BCUT2D eigenvalue weighted by atomic mass is 32.2. The molecule has 0 saturated carbocycles. The summed E-state index contributed by atoms with van der Waals surface area (Å²) in [4.78, 5) is 22.3. The van der Waals surface area contributed by atoms with Crippen LogP contribution in [0.4, 0.5) is 0 Å². The summed E-state index contributed by atoms with van der Waals surface area (Å²) >= 11 is 1.51. The Morgan fingerprint density at radius 2 is 2.00 bits per heavy atom. The first-order valence-corrected chi connectivity index (χ1v) is 6.40. The Balaban J connectivity index is 1.94. The van der Waals surface area contributed by atoms with Gasteiger partial charge >= 0.3 is 5.12 Å². The number of benzene rings is 1. The van der Waals surface area contributed by atoms with Gasteiger partial charge in [0.2, 0.25) is 5.91 Å². The van der Waals surface area contributed by atoms with Gasteiger partial charge in [0.05, 0.1) is 6.67 Å². The van der Waals surface area contributed by atoms with Crippen LogP contribution in [-0.2, 0) is 25.2 Å². The molecule has 1 atom stereocenters. The molecule has 2 saturated heterocycles. The third-order valence-corrected chi connectivity index (χ3v) is 4.77.